The summed E-state index contributed by atoms with van der Waals surface area (Å²) in [7, 11) is 1.56. The smallest absolute Gasteiger partial charge is 0.248 e. The van der Waals surface area contributed by atoms with Gasteiger partial charge in [0.05, 0.1) is 19.4 Å². The Balaban J connectivity index is 1.64. The number of halogens is 2. The molecule has 1 N–H and O–H groups in total. The van der Waals surface area contributed by atoms with E-state index in [0.717, 1.165) is 18.4 Å². The molecule has 3 aromatic carbocycles. The van der Waals surface area contributed by atoms with Crippen LogP contribution >= 0.6 is 23.2 Å². The van der Waals surface area contributed by atoms with E-state index in [0.29, 0.717) is 45.2 Å². The highest BCUT2D eigenvalue weighted by Crippen LogP contribution is 2.32. The van der Waals surface area contributed by atoms with E-state index < -0.39 is 0 Å². The number of hydrogen-bond donors (Lipinski definition) is 1. The second kappa shape index (κ2) is 12.9. The van der Waals surface area contributed by atoms with Gasteiger partial charge in [0.15, 0.2) is 11.5 Å². The van der Waals surface area contributed by atoms with Crippen LogP contribution in [0.15, 0.2) is 66.7 Å². The van der Waals surface area contributed by atoms with Crippen molar-refractivity contribution in [3.05, 3.63) is 87.9 Å². The Hall–Kier alpha value is -3.15. The molecule has 0 bridgehead atoms. The minimum Gasteiger partial charge on any atom is -0.493 e. The van der Waals surface area contributed by atoms with Gasteiger partial charge in [-0.15, -0.1) is 0 Å². The van der Waals surface area contributed by atoms with E-state index in [1.807, 2.05) is 30.3 Å². The molecule has 0 fully saturated rings. The topological polar surface area (TPSA) is 56.8 Å². The number of unbranched alkanes of at least 4 members (excludes halogenated alkanes) is 1. The number of rotatable bonds is 11. The lowest BCUT2D eigenvalue weighted by Crippen LogP contribution is -2.09. The van der Waals surface area contributed by atoms with Crippen molar-refractivity contribution >= 4 is 40.9 Å². The van der Waals surface area contributed by atoms with Gasteiger partial charge < -0.3 is 19.5 Å². The lowest BCUT2D eigenvalue weighted by molar-refractivity contribution is -0.111. The summed E-state index contributed by atoms with van der Waals surface area (Å²) >= 11 is 12.4. The number of anilines is 1. The molecule has 0 heterocycles. The van der Waals surface area contributed by atoms with Crippen LogP contribution in [-0.4, -0.2) is 19.6 Å². The highest BCUT2D eigenvalue weighted by atomic mass is 35.5. The average Bonchev–Trinajstić information content (AvgIpc) is 2.84. The normalized spacial score (nSPS) is 10.8. The number of benzene rings is 3. The zero-order valence-corrected chi connectivity index (χ0v) is 20.7. The van der Waals surface area contributed by atoms with E-state index in [2.05, 4.69) is 12.2 Å². The van der Waals surface area contributed by atoms with Crippen LogP contribution in [0.4, 0.5) is 5.69 Å². The van der Waals surface area contributed by atoms with E-state index in [1.165, 1.54) is 6.08 Å². The van der Waals surface area contributed by atoms with Crippen molar-refractivity contribution in [3.8, 4) is 17.2 Å². The first kappa shape index (κ1) is 25.5. The molecule has 1 amide bonds. The molecule has 7 heteroatoms. The summed E-state index contributed by atoms with van der Waals surface area (Å²) in [5, 5.41) is 3.94. The summed E-state index contributed by atoms with van der Waals surface area (Å²) in [6.07, 6.45) is 5.15. The molecule has 0 aliphatic rings. The van der Waals surface area contributed by atoms with Crippen LogP contribution in [0.2, 0.25) is 10.0 Å². The SMILES string of the molecule is CCCCOc1ccccc1NC(=O)/C=C/c1ccc(OCc2c(Cl)cccc2Cl)c(OC)c1. The van der Waals surface area contributed by atoms with Crippen molar-refractivity contribution in [3.63, 3.8) is 0 Å². The monoisotopic (exact) mass is 499 g/mol. The molecule has 0 spiro atoms. The van der Waals surface area contributed by atoms with Crippen LogP contribution < -0.4 is 19.5 Å². The number of amides is 1. The lowest BCUT2D eigenvalue weighted by atomic mass is 10.2. The van der Waals surface area contributed by atoms with Crippen LogP contribution in [0.5, 0.6) is 17.2 Å². The van der Waals surface area contributed by atoms with Gasteiger partial charge >= 0.3 is 0 Å². The first-order valence-electron chi connectivity index (χ1n) is 11.0. The third kappa shape index (κ3) is 7.17. The molecular formula is C27H27Cl2NO4. The maximum atomic E-state index is 12.5. The predicted molar refractivity (Wildman–Crippen MR) is 138 cm³/mol. The second-order valence-corrected chi connectivity index (χ2v) is 8.23. The summed E-state index contributed by atoms with van der Waals surface area (Å²) in [6, 6.07) is 18.1. The van der Waals surface area contributed by atoms with E-state index in [4.69, 9.17) is 37.4 Å². The molecule has 0 aromatic heterocycles. The Bertz CT molecular complexity index is 1130. The molecule has 178 valence electrons. The highest BCUT2D eigenvalue weighted by Gasteiger charge is 2.10. The maximum Gasteiger partial charge on any atom is 0.248 e. The number of hydrogen-bond acceptors (Lipinski definition) is 4. The molecule has 3 rings (SSSR count). The van der Waals surface area contributed by atoms with Gasteiger partial charge in [-0.2, -0.15) is 0 Å². The number of carbonyl (C=O) groups excluding carboxylic acids is 1. The number of para-hydroxylation sites is 2. The van der Waals surface area contributed by atoms with Gasteiger partial charge in [-0.1, -0.05) is 60.8 Å². The van der Waals surface area contributed by atoms with E-state index in [9.17, 15) is 4.79 Å². The van der Waals surface area contributed by atoms with Gasteiger partial charge in [-0.05, 0) is 54.5 Å². The summed E-state index contributed by atoms with van der Waals surface area (Å²) in [5.74, 6) is 1.46. The van der Waals surface area contributed by atoms with E-state index >= 15 is 0 Å². The van der Waals surface area contributed by atoms with Gasteiger partial charge in [0.1, 0.15) is 12.4 Å². The quantitative estimate of drug-likeness (QED) is 0.220. The van der Waals surface area contributed by atoms with Crippen molar-refractivity contribution in [1.82, 2.24) is 0 Å². The van der Waals surface area contributed by atoms with Crippen molar-refractivity contribution in [2.24, 2.45) is 0 Å². The zero-order valence-electron chi connectivity index (χ0n) is 19.1. The molecule has 0 unspecified atom stereocenters. The summed E-state index contributed by atoms with van der Waals surface area (Å²) in [5.41, 5.74) is 2.11. The number of carbonyl (C=O) groups is 1. The fourth-order valence-electron chi connectivity index (χ4n) is 3.10. The molecule has 34 heavy (non-hydrogen) atoms. The second-order valence-electron chi connectivity index (χ2n) is 7.42. The van der Waals surface area contributed by atoms with Crippen molar-refractivity contribution in [2.45, 2.75) is 26.4 Å². The molecule has 0 aliphatic carbocycles. The van der Waals surface area contributed by atoms with Crippen molar-refractivity contribution < 1.29 is 19.0 Å². The Morgan fingerprint density at radius 1 is 0.941 bits per heavy atom. The van der Waals surface area contributed by atoms with Crippen LogP contribution in [-0.2, 0) is 11.4 Å². The van der Waals surface area contributed by atoms with Crippen molar-refractivity contribution in [1.29, 1.82) is 0 Å². The molecule has 0 aliphatic heterocycles. The molecular weight excluding hydrogens is 473 g/mol. The van der Waals surface area contributed by atoms with Gasteiger partial charge in [0.25, 0.3) is 0 Å². The predicted octanol–water partition coefficient (Wildman–Crippen LogP) is 7.41. The van der Waals surface area contributed by atoms with Crippen molar-refractivity contribution in [2.75, 3.05) is 19.0 Å². The van der Waals surface area contributed by atoms with E-state index in [1.54, 1.807) is 43.5 Å². The maximum absolute atomic E-state index is 12.5. The minimum absolute atomic E-state index is 0.201. The zero-order chi connectivity index (χ0) is 24.3. The van der Waals surface area contributed by atoms with Crippen LogP contribution in [0.25, 0.3) is 6.08 Å². The third-order valence-corrected chi connectivity index (χ3v) is 5.66. The Morgan fingerprint density at radius 3 is 2.44 bits per heavy atom. The molecule has 0 atom stereocenters. The first-order valence-corrected chi connectivity index (χ1v) is 11.7. The highest BCUT2D eigenvalue weighted by molar-refractivity contribution is 6.35. The Kier molecular flexibility index (Phi) is 9.68. The average molecular weight is 500 g/mol. The third-order valence-electron chi connectivity index (χ3n) is 4.95. The molecule has 0 radical (unpaired) electrons. The fourth-order valence-corrected chi connectivity index (χ4v) is 3.60. The Labute approximate surface area is 210 Å². The van der Waals surface area contributed by atoms with Crippen LogP contribution in [0.1, 0.15) is 30.9 Å². The Morgan fingerprint density at radius 2 is 1.71 bits per heavy atom. The largest absolute Gasteiger partial charge is 0.493 e. The summed E-state index contributed by atoms with van der Waals surface area (Å²) < 4.78 is 17.1. The number of ether oxygens (including phenoxy) is 3. The van der Waals surface area contributed by atoms with Gasteiger partial charge in [-0.25, -0.2) is 0 Å². The first-order chi connectivity index (χ1) is 16.5. The van der Waals surface area contributed by atoms with Gasteiger partial charge in [0.2, 0.25) is 5.91 Å². The summed E-state index contributed by atoms with van der Waals surface area (Å²) in [6.45, 7) is 2.91. The lowest BCUT2D eigenvalue weighted by Gasteiger charge is -2.13. The summed E-state index contributed by atoms with van der Waals surface area (Å²) in [4.78, 5) is 12.5. The van der Waals surface area contributed by atoms with Crippen LogP contribution in [0.3, 0.4) is 0 Å². The van der Waals surface area contributed by atoms with E-state index in [-0.39, 0.29) is 12.5 Å². The number of methoxy groups -OCH3 is 1. The minimum atomic E-state index is -0.265. The molecule has 3 aromatic rings. The number of nitrogens with one attached hydrogen (secondary N) is 1. The standard InChI is InChI=1S/C27H27Cl2NO4/c1-3-4-16-33-24-11-6-5-10-23(24)30-27(31)15-13-19-12-14-25(26(17-19)32-2)34-18-20-21(28)8-7-9-22(20)29/h5-15,17H,3-4,16,18H2,1-2H3,(H,30,31)/b15-13+. The van der Waals surface area contributed by atoms with Gasteiger partial charge in [0, 0.05) is 21.7 Å². The fraction of sp³-hybridized carbons (Fsp3) is 0.222. The molecule has 5 nitrogen and oxygen atoms in total. The van der Waals surface area contributed by atoms with Gasteiger partial charge in [-0.3, -0.25) is 4.79 Å². The molecule has 0 saturated heterocycles. The van der Waals surface area contributed by atoms with Crippen LogP contribution in [0, 0.1) is 0 Å². The molecule has 0 saturated carbocycles.